The highest BCUT2D eigenvalue weighted by Crippen LogP contribution is 2.32. The number of nitrogens with two attached hydrogens (primary N) is 1. The maximum Gasteiger partial charge on any atom is 0.270 e. The zero-order chi connectivity index (χ0) is 27.9. The summed E-state index contributed by atoms with van der Waals surface area (Å²) in [7, 11) is 0. The molecule has 3 N–H and O–H groups in total. The average molecular weight is 546 g/mol. The van der Waals surface area contributed by atoms with Crippen LogP contribution >= 0.6 is 0 Å². The van der Waals surface area contributed by atoms with Crippen molar-refractivity contribution in [1.82, 2.24) is 4.90 Å². The lowest BCUT2D eigenvalue weighted by Crippen LogP contribution is -2.48. The van der Waals surface area contributed by atoms with Crippen LogP contribution in [0.4, 0.5) is 8.78 Å². The number of ketones is 1. The Morgan fingerprint density at radius 3 is 2.62 bits per heavy atom. The van der Waals surface area contributed by atoms with Crippen molar-refractivity contribution in [3.05, 3.63) is 40.8 Å². The summed E-state index contributed by atoms with van der Waals surface area (Å²) in [6, 6.07) is 4.59. The van der Waals surface area contributed by atoms with Crippen molar-refractivity contribution in [2.75, 3.05) is 19.6 Å². The highest BCUT2D eigenvalue weighted by molar-refractivity contribution is 6.08. The fraction of sp³-hybridized carbons (Fsp3) is 0.633. The molecule has 1 amide bonds. The van der Waals surface area contributed by atoms with Crippen LogP contribution in [0.2, 0.25) is 0 Å². The molecular formula is C30H41F2N3O4. The number of hydrogen-bond acceptors (Lipinski definition) is 6. The molecule has 4 rings (SSSR count). The highest BCUT2D eigenvalue weighted by atomic mass is 19.1. The van der Waals surface area contributed by atoms with Crippen molar-refractivity contribution in [2.45, 2.75) is 95.9 Å². The fourth-order valence-corrected chi connectivity index (χ4v) is 5.82. The zero-order valence-corrected chi connectivity index (χ0v) is 22.8. The number of Topliss-reactive ketones (excluding diaryl/α,β-unsaturated/α-hetero) is 1. The molecule has 3 aliphatic rings. The first-order valence-electron chi connectivity index (χ1n) is 14.3. The number of amides is 1. The number of halogens is 2. The number of likely N-dealkylation sites (tertiary alicyclic amines) is 1. The summed E-state index contributed by atoms with van der Waals surface area (Å²) in [6.45, 7) is 2.02. The van der Waals surface area contributed by atoms with Crippen LogP contribution in [0.1, 0.15) is 76.2 Å². The molecule has 214 valence electrons. The first-order chi connectivity index (χ1) is 18.7. The number of aliphatic hydroxyl groups excluding tert-OH is 1. The van der Waals surface area contributed by atoms with E-state index in [1.54, 1.807) is 6.07 Å². The maximum absolute atomic E-state index is 13.9. The molecule has 3 fully saturated rings. The van der Waals surface area contributed by atoms with Gasteiger partial charge in [-0.2, -0.15) is 0 Å². The second kappa shape index (κ2) is 13.5. The van der Waals surface area contributed by atoms with Crippen LogP contribution in [-0.4, -0.2) is 65.4 Å². The van der Waals surface area contributed by atoms with E-state index in [0.29, 0.717) is 36.5 Å². The van der Waals surface area contributed by atoms with Gasteiger partial charge in [0.2, 0.25) is 0 Å². The van der Waals surface area contributed by atoms with Gasteiger partial charge in [-0.15, -0.1) is 0 Å². The van der Waals surface area contributed by atoms with E-state index >= 15 is 0 Å². The second-order valence-corrected chi connectivity index (χ2v) is 11.2. The third-order valence-electron chi connectivity index (χ3n) is 8.29. The molecule has 1 aromatic carbocycles. The van der Waals surface area contributed by atoms with Crippen LogP contribution in [-0.2, 0) is 9.59 Å². The lowest BCUT2D eigenvalue weighted by Gasteiger charge is -2.33. The van der Waals surface area contributed by atoms with Crippen LogP contribution in [0, 0.1) is 18.7 Å². The minimum Gasteiger partial charge on any atom is -0.490 e. The average Bonchev–Trinajstić information content (AvgIpc) is 2.94. The number of piperidine rings is 1. The Balaban J connectivity index is 1.24. The van der Waals surface area contributed by atoms with Crippen molar-refractivity contribution >= 4 is 17.4 Å². The van der Waals surface area contributed by atoms with Gasteiger partial charge in [0.1, 0.15) is 23.4 Å². The first kappa shape index (κ1) is 29.2. The van der Waals surface area contributed by atoms with Gasteiger partial charge in [0.05, 0.1) is 25.3 Å². The van der Waals surface area contributed by atoms with E-state index in [9.17, 15) is 23.5 Å². The molecular weight excluding hydrogens is 504 g/mol. The van der Waals surface area contributed by atoms with Crippen LogP contribution in [0.3, 0.4) is 0 Å². The normalized spacial score (nSPS) is 28.3. The van der Waals surface area contributed by atoms with Crippen molar-refractivity contribution in [2.24, 2.45) is 16.6 Å². The number of carbonyl (C=O) groups is 2. The molecule has 2 saturated carbocycles. The van der Waals surface area contributed by atoms with Gasteiger partial charge in [0.25, 0.3) is 5.91 Å². The third kappa shape index (κ3) is 7.87. The summed E-state index contributed by atoms with van der Waals surface area (Å²) in [6.07, 6.45) is 5.96. The molecule has 9 heteroatoms. The molecule has 1 aromatic rings. The Labute approximate surface area is 229 Å². The third-order valence-corrected chi connectivity index (χ3v) is 8.29. The predicted molar refractivity (Wildman–Crippen MR) is 146 cm³/mol. The predicted octanol–water partition coefficient (Wildman–Crippen LogP) is 4.58. The van der Waals surface area contributed by atoms with Crippen LogP contribution < -0.4 is 10.5 Å². The fourth-order valence-electron chi connectivity index (χ4n) is 5.82. The van der Waals surface area contributed by atoms with Gasteiger partial charge in [-0.05, 0) is 101 Å². The molecule has 7 nitrogen and oxygen atoms in total. The minimum absolute atomic E-state index is 0.0721. The molecule has 0 radical (unpaired) electrons. The maximum atomic E-state index is 13.9. The summed E-state index contributed by atoms with van der Waals surface area (Å²) < 4.78 is 33.4. The number of alkyl halides is 1. The van der Waals surface area contributed by atoms with Gasteiger partial charge in [0.15, 0.2) is 5.78 Å². The van der Waals surface area contributed by atoms with Gasteiger partial charge in [-0.25, -0.2) is 8.78 Å². The van der Waals surface area contributed by atoms with E-state index in [-0.39, 0.29) is 49.5 Å². The Morgan fingerprint density at radius 1 is 1.15 bits per heavy atom. The molecule has 0 spiro atoms. The number of ether oxygens (including phenoxy) is 1. The van der Waals surface area contributed by atoms with E-state index in [2.05, 4.69) is 4.99 Å². The number of hydrogen-bond donors (Lipinski definition) is 2. The number of benzene rings is 1. The Morgan fingerprint density at radius 2 is 1.90 bits per heavy atom. The molecule has 0 unspecified atom stereocenters. The largest absolute Gasteiger partial charge is 0.490 e. The number of nitrogens with zero attached hydrogens (tertiary/aromatic N) is 2. The number of carbonyl (C=O) groups excluding carboxylic acids is 2. The topological polar surface area (TPSA) is 105 Å². The molecule has 1 saturated heterocycles. The number of aryl methyl sites for hydroxylation is 1. The molecule has 2 aliphatic carbocycles. The summed E-state index contributed by atoms with van der Waals surface area (Å²) in [5, 5.41) is 9.61. The second-order valence-electron chi connectivity index (χ2n) is 11.2. The molecule has 0 aromatic heterocycles. The molecule has 39 heavy (non-hydrogen) atoms. The van der Waals surface area contributed by atoms with Crippen LogP contribution in [0.15, 0.2) is 34.5 Å². The van der Waals surface area contributed by atoms with Crippen molar-refractivity contribution in [3.63, 3.8) is 0 Å². The summed E-state index contributed by atoms with van der Waals surface area (Å²) in [4.78, 5) is 31.5. The monoisotopic (exact) mass is 545 g/mol. The lowest BCUT2D eigenvalue weighted by molar-refractivity contribution is -0.131. The van der Waals surface area contributed by atoms with Gasteiger partial charge in [-0.1, -0.05) is 0 Å². The van der Waals surface area contributed by atoms with E-state index in [1.165, 1.54) is 17.0 Å². The SMILES string of the molecule is Cc1cc(F)ccc1OC1CCC(CCC(=O)CN=C2CCCCC2=C(N)C(=O)N2CC[C@H](O)[C@H](F)C2)CC1. The molecule has 2 atom stereocenters. The lowest BCUT2D eigenvalue weighted by atomic mass is 9.84. The van der Waals surface area contributed by atoms with Crippen molar-refractivity contribution in [3.8, 4) is 5.75 Å². The Bertz CT molecular complexity index is 1100. The van der Waals surface area contributed by atoms with E-state index in [4.69, 9.17) is 10.5 Å². The molecule has 1 aliphatic heterocycles. The van der Waals surface area contributed by atoms with Gasteiger partial charge < -0.3 is 20.5 Å². The van der Waals surface area contributed by atoms with E-state index in [0.717, 1.165) is 56.3 Å². The highest BCUT2D eigenvalue weighted by Gasteiger charge is 2.32. The summed E-state index contributed by atoms with van der Waals surface area (Å²) >= 11 is 0. The van der Waals surface area contributed by atoms with Gasteiger partial charge >= 0.3 is 0 Å². The number of aliphatic hydroxyl groups is 1. The van der Waals surface area contributed by atoms with E-state index in [1.807, 2.05) is 6.92 Å². The van der Waals surface area contributed by atoms with Crippen LogP contribution in [0.25, 0.3) is 0 Å². The number of allylic oxidation sites excluding steroid dienone is 1. The van der Waals surface area contributed by atoms with Crippen LogP contribution in [0.5, 0.6) is 5.75 Å². The van der Waals surface area contributed by atoms with Gasteiger partial charge in [-0.3, -0.25) is 14.6 Å². The van der Waals surface area contributed by atoms with Crippen molar-refractivity contribution in [1.29, 1.82) is 0 Å². The molecule has 1 heterocycles. The van der Waals surface area contributed by atoms with Gasteiger partial charge in [0, 0.05) is 24.3 Å². The first-order valence-corrected chi connectivity index (χ1v) is 14.3. The minimum atomic E-state index is -1.47. The summed E-state index contributed by atoms with van der Waals surface area (Å²) in [5.74, 6) is 0.587. The Kier molecular flexibility index (Phi) is 10.1. The summed E-state index contributed by atoms with van der Waals surface area (Å²) in [5.41, 5.74) is 8.51. The number of aliphatic imine (C=N–C) groups is 1. The zero-order valence-electron chi connectivity index (χ0n) is 22.8. The number of rotatable bonds is 8. The Hall–Kier alpha value is -2.81. The van der Waals surface area contributed by atoms with Crippen molar-refractivity contribution < 1.29 is 28.2 Å². The standard InChI is InChI=1S/C30H41F2N3O4/c1-19-16-21(31)9-13-28(19)39-23-11-7-20(8-12-23)6-10-22(36)17-34-26-5-3-2-4-24(26)29(33)30(38)35-15-14-27(37)25(32)18-35/h9,13,16,20,23,25,27,37H,2-8,10-12,14-15,17-18,33H2,1H3/t20?,23?,25-,27+/m1/s1. The smallest absolute Gasteiger partial charge is 0.270 e. The quantitative estimate of drug-likeness (QED) is 0.466. The van der Waals surface area contributed by atoms with E-state index < -0.39 is 18.2 Å². The molecule has 0 bridgehead atoms.